The van der Waals surface area contributed by atoms with Crippen molar-refractivity contribution in [3.8, 4) is 0 Å². The largest absolute Gasteiger partial charge is 0.373 e. The molecule has 1 spiro atoms. The summed E-state index contributed by atoms with van der Waals surface area (Å²) in [5.74, 6) is 1.12. The zero-order valence-corrected chi connectivity index (χ0v) is 14.1. The van der Waals surface area contributed by atoms with Crippen LogP contribution in [0.15, 0.2) is 35.9 Å². The highest BCUT2D eigenvalue weighted by Gasteiger charge is 2.70. The highest BCUT2D eigenvalue weighted by atomic mass is 16.5. The van der Waals surface area contributed by atoms with Gasteiger partial charge in [0.25, 0.3) is 0 Å². The van der Waals surface area contributed by atoms with Crippen LogP contribution in [0.1, 0.15) is 26.2 Å². The Morgan fingerprint density at radius 1 is 1.36 bits per heavy atom. The molecule has 1 aromatic rings. The minimum Gasteiger partial charge on any atom is -0.373 e. The molecule has 6 aliphatic rings. The van der Waals surface area contributed by atoms with E-state index in [9.17, 15) is 4.79 Å². The molecule has 2 bridgehead atoms. The second-order valence-corrected chi connectivity index (χ2v) is 8.69. The van der Waals surface area contributed by atoms with E-state index < -0.39 is 0 Å². The van der Waals surface area contributed by atoms with Crippen molar-refractivity contribution in [3.63, 3.8) is 0 Å². The van der Waals surface area contributed by atoms with Gasteiger partial charge in [-0.3, -0.25) is 9.69 Å². The molecule has 1 amide bonds. The lowest BCUT2D eigenvalue weighted by atomic mass is 9.53. The molecule has 0 N–H and O–H groups in total. The van der Waals surface area contributed by atoms with Gasteiger partial charge in [0.1, 0.15) is 0 Å². The Morgan fingerprint density at radius 2 is 2.32 bits per heavy atom. The molecule has 6 atom stereocenters. The van der Waals surface area contributed by atoms with Crippen molar-refractivity contribution >= 4 is 11.6 Å². The Bertz CT molecular complexity index is 898. The normalized spacial score (nSPS) is 46.5. The number of amides is 1. The average Bonchev–Trinajstić information content (AvgIpc) is 3.10. The van der Waals surface area contributed by atoms with Gasteiger partial charge in [0, 0.05) is 29.6 Å². The molecule has 4 fully saturated rings. The number of anilines is 1. The van der Waals surface area contributed by atoms with Crippen LogP contribution in [0.5, 0.6) is 0 Å². The number of rotatable bonds is 0. The van der Waals surface area contributed by atoms with Crippen molar-refractivity contribution < 1.29 is 10.9 Å². The fourth-order valence-corrected chi connectivity index (χ4v) is 7.40. The summed E-state index contributed by atoms with van der Waals surface area (Å²) in [5.41, 5.74) is 3.65. The van der Waals surface area contributed by atoms with Gasteiger partial charge in [-0.1, -0.05) is 29.8 Å². The fraction of sp³-hybridized carbons (Fsp3) is 0.571. The van der Waals surface area contributed by atoms with E-state index in [1.54, 1.807) is 5.57 Å². The van der Waals surface area contributed by atoms with Crippen LogP contribution in [0.3, 0.4) is 0 Å². The van der Waals surface area contributed by atoms with Crippen LogP contribution in [0.2, 0.25) is 0 Å². The third-order valence-corrected chi connectivity index (χ3v) is 8.11. The number of hydrogen-bond acceptors (Lipinski definition) is 3. The van der Waals surface area contributed by atoms with Gasteiger partial charge in [0.15, 0.2) is 0 Å². The van der Waals surface area contributed by atoms with Crippen LogP contribution in [0, 0.1) is 11.8 Å². The Labute approximate surface area is 148 Å². The van der Waals surface area contributed by atoms with E-state index in [1.807, 2.05) is 12.1 Å². The SMILES string of the molecule is [2H]c1cccc2c1[C@@]13CCN4CC5=CCO[C@H]6CC(=O)N2[C@H]1[C@H]6[C@H]5C[C@H]43. The van der Waals surface area contributed by atoms with Crippen LogP contribution in [0.4, 0.5) is 5.69 Å². The molecule has 3 saturated heterocycles. The van der Waals surface area contributed by atoms with E-state index in [0.717, 1.165) is 30.8 Å². The van der Waals surface area contributed by atoms with Gasteiger partial charge in [-0.25, -0.2) is 0 Å². The van der Waals surface area contributed by atoms with Crippen molar-refractivity contribution in [2.75, 3.05) is 24.6 Å². The smallest absolute Gasteiger partial charge is 0.229 e. The van der Waals surface area contributed by atoms with Gasteiger partial charge < -0.3 is 9.64 Å². The molecule has 5 aliphatic heterocycles. The molecule has 1 aliphatic carbocycles. The van der Waals surface area contributed by atoms with Crippen molar-refractivity contribution in [2.24, 2.45) is 11.8 Å². The second kappa shape index (κ2) is 4.18. The van der Waals surface area contributed by atoms with E-state index in [0.29, 0.717) is 36.9 Å². The lowest BCUT2D eigenvalue weighted by molar-refractivity contribution is -0.132. The Balaban J connectivity index is 1.56. The summed E-state index contributed by atoms with van der Waals surface area (Å²) in [7, 11) is 0. The van der Waals surface area contributed by atoms with Gasteiger partial charge in [-0.05, 0) is 36.9 Å². The molecule has 4 heteroatoms. The number of hydrogen-bond donors (Lipinski definition) is 0. The molecule has 0 aromatic heterocycles. The summed E-state index contributed by atoms with van der Waals surface area (Å²) in [6.07, 6.45) is 5.07. The summed E-state index contributed by atoms with van der Waals surface area (Å²) in [6.45, 7) is 2.79. The lowest BCUT2D eigenvalue weighted by Crippen LogP contribution is -2.69. The molecule has 1 saturated carbocycles. The first-order valence-electron chi connectivity index (χ1n) is 10.2. The predicted molar refractivity (Wildman–Crippen MR) is 93.4 cm³/mol. The summed E-state index contributed by atoms with van der Waals surface area (Å²) < 4.78 is 15.0. The van der Waals surface area contributed by atoms with Crippen LogP contribution in [-0.2, 0) is 14.9 Å². The molecule has 4 nitrogen and oxygen atoms in total. The standard InChI is InChI=1S/C21H22N2O2/c24-18-10-16-19-13-9-17-21(6-7-22(17)11-12(13)5-8-25-16)14-3-1-2-4-15(14)23(18)20(19)21/h1-5,13,16-17,19-20H,6-11H2/t13-,16-,17-,19-,20-,21+/m0/s1/i3D. The number of benzene rings is 1. The van der Waals surface area contributed by atoms with Gasteiger partial charge in [0.05, 0.1) is 26.5 Å². The van der Waals surface area contributed by atoms with Gasteiger partial charge in [-0.15, -0.1) is 0 Å². The molecular formula is C21H22N2O2. The van der Waals surface area contributed by atoms with Gasteiger partial charge in [0.2, 0.25) is 5.91 Å². The van der Waals surface area contributed by atoms with E-state index >= 15 is 0 Å². The van der Waals surface area contributed by atoms with Gasteiger partial charge >= 0.3 is 0 Å². The fourth-order valence-electron chi connectivity index (χ4n) is 7.40. The zero-order chi connectivity index (χ0) is 17.2. The Morgan fingerprint density at radius 3 is 3.28 bits per heavy atom. The number of fused-ring (bicyclic) bond motifs is 2. The minimum absolute atomic E-state index is 0.0379. The van der Waals surface area contributed by atoms with Crippen LogP contribution < -0.4 is 4.90 Å². The third kappa shape index (κ3) is 1.33. The monoisotopic (exact) mass is 335 g/mol. The second-order valence-electron chi connectivity index (χ2n) is 8.69. The van der Waals surface area contributed by atoms with Crippen LogP contribution in [-0.4, -0.2) is 48.7 Å². The molecule has 0 radical (unpaired) electrons. The summed E-state index contributed by atoms with van der Waals surface area (Å²) in [5, 5.41) is 0. The molecule has 25 heavy (non-hydrogen) atoms. The minimum atomic E-state index is -0.0671. The summed E-state index contributed by atoms with van der Waals surface area (Å²) >= 11 is 0. The number of ether oxygens (including phenoxy) is 1. The maximum absolute atomic E-state index is 13.2. The van der Waals surface area contributed by atoms with E-state index in [4.69, 9.17) is 6.11 Å². The molecule has 0 unspecified atom stereocenters. The first-order valence-corrected chi connectivity index (χ1v) is 9.67. The number of carbonyl (C=O) groups excluding carboxylic acids is 1. The predicted octanol–water partition coefficient (Wildman–Crippen LogP) is 2.09. The number of nitrogens with zero attached hydrogens (tertiary/aromatic N) is 2. The number of piperidine rings is 2. The van der Waals surface area contributed by atoms with Crippen LogP contribution >= 0.6 is 0 Å². The summed E-state index contributed by atoms with van der Waals surface area (Å²) in [4.78, 5) is 18.0. The van der Waals surface area contributed by atoms with E-state index in [1.165, 1.54) is 6.42 Å². The molecule has 1 aromatic carbocycles. The first kappa shape index (κ1) is 12.7. The zero-order valence-electron chi connectivity index (χ0n) is 15.1. The van der Waals surface area contributed by atoms with Gasteiger partial charge in [-0.2, -0.15) is 0 Å². The van der Waals surface area contributed by atoms with E-state index in [-0.39, 0.29) is 23.5 Å². The Hall–Kier alpha value is -1.65. The highest BCUT2D eigenvalue weighted by molar-refractivity contribution is 5.99. The van der Waals surface area contributed by atoms with Crippen molar-refractivity contribution in [1.29, 1.82) is 0 Å². The average molecular weight is 335 g/mol. The number of carbonyl (C=O) groups is 1. The van der Waals surface area contributed by atoms with Crippen molar-refractivity contribution in [1.82, 2.24) is 4.90 Å². The van der Waals surface area contributed by atoms with Crippen LogP contribution in [0.25, 0.3) is 0 Å². The lowest BCUT2D eigenvalue weighted by Gasteiger charge is -2.58. The van der Waals surface area contributed by atoms with Crippen molar-refractivity contribution in [3.05, 3.63) is 41.5 Å². The third-order valence-electron chi connectivity index (χ3n) is 8.11. The Kier molecular flexibility index (Phi) is 2.12. The topological polar surface area (TPSA) is 32.8 Å². The molecular weight excluding hydrogens is 312 g/mol. The number of para-hydroxylation sites is 1. The maximum Gasteiger partial charge on any atom is 0.229 e. The maximum atomic E-state index is 13.2. The summed E-state index contributed by atoms with van der Waals surface area (Å²) in [6, 6.07) is 7.21. The first-order chi connectivity index (χ1) is 12.7. The van der Waals surface area contributed by atoms with Crippen molar-refractivity contribution in [2.45, 2.75) is 42.9 Å². The highest BCUT2D eigenvalue weighted by Crippen LogP contribution is 2.65. The molecule has 7 rings (SSSR count). The van der Waals surface area contributed by atoms with E-state index in [2.05, 4.69) is 21.9 Å². The molecule has 5 heterocycles. The molecule has 128 valence electrons. The quantitative estimate of drug-likeness (QED) is 0.681.